The van der Waals surface area contributed by atoms with Gasteiger partial charge in [-0.3, -0.25) is 9.59 Å². The van der Waals surface area contributed by atoms with Crippen molar-refractivity contribution in [3.05, 3.63) is 0 Å². The minimum absolute atomic E-state index is 0.0961. The summed E-state index contributed by atoms with van der Waals surface area (Å²) >= 11 is 0. The van der Waals surface area contributed by atoms with Crippen LogP contribution in [0.25, 0.3) is 0 Å². The van der Waals surface area contributed by atoms with Crippen molar-refractivity contribution in [3.63, 3.8) is 0 Å². The largest absolute Gasteiger partial charge is 0.391 e. The number of nitrogens with zero attached hydrogens (tertiary/aromatic N) is 1. The Morgan fingerprint density at radius 2 is 2.06 bits per heavy atom. The Balaban J connectivity index is 2.83. The summed E-state index contributed by atoms with van der Waals surface area (Å²) in [4.78, 5) is 24.8. The number of hydrogen-bond acceptors (Lipinski definition) is 4. The second-order valence-electron chi connectivity index (χ2n) is 4.88. The molecule has 0 aromatic heterocycles. The van der Waals surface area contributed by atoms with Gasteiger partial charge in [0.15, 0.2) is 0 Å². The number of carbonyl (C=O) groups is 2. The molecule has 5 N–H and O–H groups in total. The van der Waals surface area contributed by atoms with Crippen LogP contribution in [0.2, 0.25) is 0 Å². The van der Waals surface area contributed by atoms with Gasteiger partial charge in [-0.2, -0.15) is 0 Å². The second-order valence-corrected chi connectivity index (χ2v) is 4.88. The molecule has 0 saturated carbocycles. The van der Waals surface area contributed by atoms with Gasteiger partial charge in [0, 0.05) is 19.5 Å². The maximum Gasteiger partial charge on any atom is 0.240 e. The first-order valence-corrected chi connectivity index (χ1v) is 5.86. The number of rotatable bonds is 4. The predicted molar refractivity (Wildman–Crippen MR) is 62.7 cm³/mol. The van der Waals surface area contributed by atoms with Gasteiger partial charge in [-0.25, -0.2) is 0 Å². The van der Waals surface area contributed by atoms with E-state index in [-0.39, 0.29) is 37.3 Å². The van der Waals surface area contributed by atoms with Crippen molar-refractivity contribution in [1.82, 2.24) is 4.90 Å². The Hall–Kier alpha value is -1.14. The van der Waals surface area contributed by atoms with Crippen LogP contribution in [0.1, 0.15) is 20.3 Å². The quantitative estimate of drug-likeness (QED) is 0.568. The highest BCUT2D eigenvalue weighted by atomic mass is 16.3. The summed E-state index contributed by atoms with van der Waals surface area (Å²) in [6.07, 6.45) is -0.460. The summed E-state index contributed by atoms with van der Waals surface area (Å²) < 4.78 is 0. The number of amides is 2. The molecule has 98 valence electrons. The van der Waals surface area contributed by atoms with Crippen LogP contribution in [0.15, 0.2) is 0 Å². The van der Waals surface area contributed by atoms with E-state index in [2.05, 4.69) is 0 Å². The van der Waals surface area contributed by atoms with Crippen LogP contribution >= 0.6 is 0 Å². The van der Waals surface area contributed by atoms with Crippen molar-refractivity contribution in [2.75, 3.05) is 13.1 Å². The monoisotopic (exact) mass is 243 g/mol. The van der Waals surface area contributed by atoms with Gasteiger partial charge in [-0.15, -0.1) is 0 Å². The number of aliphatic hydroxyl groups is 1. The van der Waals surface area contributed by atoms with Crippen LogP contribution in [0.4, 0.5) is 0 Å². The highest BCUT2D eigenvalue weighted by Gasteiger charge is 2.40. The van der Waals surface area contributed by atoms with E-state index in [1.807, 2.05) is 13.8 Å². The van der Waals surface area contributed by atoms with Gasteiger partial charge < -0.3 is 21.5 Å². The first kappa shape index (κ1) is 13.9. The number of aliphatic hydroxyl groups excluding tert-OH is 1. The molecule has 0 aromatic carbocycles. The maximum atomic E-state index is 12.2. The number of nitrogens with two attached hydrogens (primary N) is 2. The van der Waals surface area contributed by atoms with Gasteiger partial charge in [0.1, 0.15) is 6.04 Å². The van der Waals surface area contributed by atoms with E-state index >= 15 is 0 Å². The lowest BCUT2D eigenvalue weighted by Crippen LogP contribution is -2.48. The van der Waals surface area contributed by atoms with Crippen molar-refractivity contribution in [3.8, 4) is 0 Å². The summed E-state index contributed by atoms with van der Waals surface area (Å²) in [5, 5.41) is 9.53. The van der Waals surface area contributed by atoms with Crippen molar-refractivity contribution in [2.45, 2.75) is 32.4 Å². The van der Waals surface area contributed by atoms with Crippen LogP contribution < -0.4 is 11.5 Å². The van der Waals surface area contributed by atoms with Gasteiger partial charge in [0.25, 0.3) is 0 Å². The molecule has 1 rings (SSSR count). The summed E-state index contributed by atoms with van der Waals surface area (Å²) in [7, 11) is 0. The Bertz CT molecular complexity index is 306. The SMILES string of the molecule is CC(C)C(CN)C(=O)N1CC(O)CC1C(N)=O. The van der Waals surface area contributed by atoms with Crippen LogP contribution in [0.5, 0.6) is 0 Å². The molecule has 0 bridgehead atoms. The number of β-amino-alcohol motifs (C(OH)–C–C–N with tert-alkyl or cyclic N) is 1. The molecule has 1 saturated heterocycles. The zero-order valence-electron chi connectivity index (χ0n) is 10.3. The Morgan fingerprint density at radius 1 is 1.47 bits per heavy atom. The molecule has 0 spiro atoms. The summed E-state index contributed by atoms with van der Waals surface area (Å²) in [5.41, 5.74) is 10.8. The van der Waals surface area contributed by atoms with E-state index < -0.39 is 18.1 Å². The number of carbonyl (C=O) groups excluding carboxylic acids is 2. The van der Waals surface area contributed by atoms with Gasteiger partial charge in [0.2, 0.25) is 11.8 Å². The van der Waals surface area contributed by atoms with Crippen LogP contribution in [0.3, 0.4) is 0 Å². The molecule has 1 heterocycles. The standard InChI is InChI=1S/C11H21N3O3/c1-6(2)8(4-12)11(17)14-5-7(15)3-9(14)10(13)16/h6-9,15H,3-5,12H2,1-2H3,(H2,13,16). The van der Waals surface area contributed by atoms with Gasteiger partial charge in [-0.05, 0) is 5.92 Å². The van der Waals surface area contributed by atoms with Crippen molar-refractivity contribution < 1.29 is 14.7 Å². The van der Waals surface area contributed by atoms with E-state index in [1.165, 1.54) is 4.90 Å². The molecule has 2 amide bonds. The minimum atomic E-state index is -0.703. The third kappa shape index (κ3) is 2.95. The van der Waals surface area contributed by atoms with Crippen LogP contribution in [0, 0.1) is 11.8 Å². The molecule has 1 fully saturated rings. The fraction of sp³-hybridized carbons (Fsp3) is 0.818. The first-order valence-electron chi connectivity index (χ1n) is 5.86. The second kappa shape index (κ2) is 5.46. The van der Waals surface area contributed by atoms with E-state index in [0.29, 0.717) is 0 Å². The van der Waals surface area contributed by atoms with Crippen molar-refractivity contribution in [1.29, 1.82) is 0 Å². The third-order valence-corrected chi connectivity index (χ3v) is 3.27. The molecule has 3 unspecified atom stereocenters. The molecule has 0 aliphatic carbocycles. The average molecular weight is 243 g/mol. The minimum Gasteiger partial charge on any atom is -0.391 e. The number of primary amides is 1. The van der Waals surface area contributed by atoms with Crippen LogP contribution in [-0.4, -0.2) is 47.1 Å². The topological polar surface area (TPSA) is 110 Å². The molecule has 3 atom stereocenters. The highest BCUT2D eigenvalue weighted by Crippen LogP contribution is 2.22. The van der Waals surface area contributed by atoms with Crippen molar-refractivity contribution >= 4 is 11.8 Å². The fourth-order valence-corrected chi connectivity index (χ4v) is 2.20. The maximum absolute atomic E-state index is 12.2. The van der Waals surface area contributed by atoms with E-state index in [9.17, 15) is 14.7 Å². The van der Waals surface area contributed by atoms with E-state index in [4.69, 9.17) is 11.5 Å². The lowest BCUT2D eigenvalue weighted by molar-refractivity contribution is -0.141. The summed E-state index contributed by atoms with van der Waals surface area (Å²) in [6, 6.07) is -0.703. The molecule has 6 heteroatoms. The number of hydrogen-bond donors (Lipinski definition) is 3. The number of likely N-dealkylation sites (tertiary alicyclic amines) is 1. The molecule has 0 aromatic rings. The molecule has 17 heavy (non-hydrogen) atoms. The lowest BCUT2D eigenvalue weighted by atomic mass is 9.94. The zero-order chi connectivity index (χ0) is 13.2. The predicted octanol–water partition coefficient (Wildman–Crippen LogP) is -1.34. The molecular formula is C11H21N3O3. The smallest absolute Gasteiger partial charge is 0.240 e. The molecule has 1 aliphatic heterocycles. The summed E-state index contributed by atoms with van der Waals surface area (Å²) in [6.45, 7) is 4.20. The Kier molecular flexibility index (Phi) is 4.47. The fourth-order valence-electron chi connectivity index (χ4n) is 2.20. The highest BCUT2D eigenvalue weighted by molar-refractivity contribution is 5.88. The average Bonchev–Trinajstić information content (AvgIpc) is 2.60. The van der Waals surface area contributed by atoms with Gasteiger partial charge in [0.05, 0.1) is 12.0 Å². The van der Waals surface area contributed by atoms with Crippen LogP contribution in [-0.2, 0) is 9.59 Å². The molecule has 0 radical (unpaired) electrons. The van der Waals surface area contributed by atoms with Crippen molar-refractivity contribution in [2.24, 2.45) is 23.3 Å². The Morgan fingerprint density at radius 3 is 2.47 bits per heavy atom. The van der Waals surface area contributed by atoms with Gasteiger partial charge in [-0.1, -0.05) is 13.8 Å². The molecule has 1 aliphatic rings. The van der Waals surface area contributed by atoms with E-state index in [0.717, 1.165) is 0 Å². The van der Waals surface area contributed by atoms with Gasteiger partial charge >= 0.3 is 0 Å². The normalized spacial score (nSPS) is 26.3. The summed E-state index contributed by atoms with van der Waals surface area (Å²) in [5.74, 6) is -1.00. The van der Waals surface area contributed by atoms with E-state index in [1.54, 1.807) is 0 Å². The zero-order valence-corrected chi connectivity index (χ0v) is 10.3. The Labute approximate surface area is 101 Å². The third-order valence-electron chi connectivity index (χ3n) is 3.27. The first-order chi connectivity index (χ1) is 7.88. The molecule has 6 nitrogen and oxygen atoms in total. The lowest BCUT2D eigenvalue weighted by Gasteiger charge is -2.28. The molecular weight excluding hydrogens is 222 g/mol.